The number of nitrogens with two attached hydrogens (primary N) is 1. The van der Waals surface area contributed by atoms with Crippen LogP contribution in [0.25, 0.3) is 0 Å². The number of aromatic nitrogens is 1. The zero-order valence-electron chi connectivity index (χ0n) is 16.7. The third kappa shape index (κ3) is 6.73. The van der Waals surface area contributed by atoms with Crippen molar-refractivity contribution in [2.75, 3.05) is 6.54 Å². The number of carbonyl (C=O) groups is 1. The van der Waals surface area contributed by atoms with Crippen LogP contribution in [0.1, 0.15) is 34.8 Å². The van der Waals surface area contributed by atoms with Crippen molar-refractivity contribution in [3.05, 3.63) is 89.6 Å². The van der Waals surface area contributed by atoms with Crippen LogP contribution in [0.3, 0.4) is 0 Å². The number of benzene rings is 2. The Balaban J connectivity index is 1.41. The smallest absolute Gasteiger partial charge is 0.250 e. The summed E-state index contributed by atoms with van der Waals surface area (Å²) in [5.41, 5.74) is 8.20. The summed E-state index contributed by atoms with van der Waals surface area (Å²) in [6.45, 7) is 3.21. The first kappa shape index (κ1) is 20.6. The van der Waals surface area contributed by atoms with E-state index in [1.54, 1.807) is 12.1 Å². The fourth-order valence-electron chi connectivity index (χ4n) is 3.02. The van der Waals surface area contributed by atoms with Gasteiger partial charge in [-0.25, -0.2) is 4.98 Å². The molecule has 3 rings (SSSR count). The second kappa shape index (κ2) is 10.4. The van der Waals surface area contributed by atoms with Gasteiger partial charge in [0.1, 0.15) is 5.75 Å². The van der Waals surface area contributed by atoms with Crippen LogP contribution in [-0.2, 0) is 12.8 Å². The van der Waals surface area contributed by atoms with E-state index in [1.165, 1.54) is 17.3 Å². The van der Waals surface area contributed by atoms with Crippen molar-refractivity contribution >= 4 is 5.91 Å². The van der Waals surface area contributed by atoms with Crippen molar-refractivity contribution in [2.45, 2.75) is 32.2 Å². The Morgan fingerprint density at radius 3 is 2.38 bits per heavy atom. The molecule has 0 spiro atoms. The van der Waals surface area contributed by atoms with E-state index in [4.69, 9.17) is 10.5 Å². The molecule has 0 radical (unpaired) electrons. The predicted octanol–water partition coefficient (Wildman–Crippen LogP) is 4.13. The number of hydrogen-bond acceptors (Lipinski definition) is 4. The number of rotatable bonds is 10. The zero-order chi connectivity index (χ0) is 20.5. The molecule has 0 aliphatic rings. The maximum absolute atomic E-state index is 11.1. The Bertz CT molecular complexity index is 894. The molecule has 0 fully saturated rings. The highest BCUT2D eigenvalue weighted by Gasteiger charge is 2.05. The molecule has 0 aliphatic heterocycles. The highest BCUT2D eigenvalue weighted by atomic mass is 16.5. The Morgan fingerprint density at radius 2 is 1.72 bits per heavy atom. The molecule has 1 amide bonds. The SMILES string of the molecule is CC(CCc1ccc(Oc2ccc(C(N)=O)cn2)cc1)NCCc1ccccc1. The van der Waals surface area contributed by atoms with Crippen LogP contribution in [0.2, 0.25) is 0 Å². The number of amides is 1. The normalized spacial score (nSPS) is 11.8. The van der Waals surface area contributed by atoms with Crippen LogP contribution in [0, 0.1) is 0 Å². The van der Waals surface area contributed by atoms with Crippen molar-refractivity contribution in [3.63, 3.8) is 0 Å². The van der Waals surface area contributed by atoms with E-state index in [0.29, 0.717) is 23.2 Å². The molecule has 0 saturated heterocycles. The van der Waals surface area contributed by atoms with Crippen molar-refractivity contribution in [1.82, 2.24) is 10.3 Å². The Kier molecular flexibility index (Phi) is 7.36. The Morgan fingerprint density at radius 1 is 1.00 bits per heavy atom. The van der Waals surface area contributed by atoms with Gasteiger partial charge in [0.15, 0.2) is 0 Å². The molecular formula is C24H27N3O2. The fraction of sp³-hybridized carbons (Fsp3) is 0.250. The van der Waals surface area contributed by atoms with E-state index < -0.39 is 5.91 Å². The number of nitrogens with zero attached hydrogens (tertiary/aromatic N) is 1. The number of primary amides is 1. The first-order chi connectivity index (χ1) is 14.1. The predicted molar refractivity (Wildman–Crippen MR) is 115 cm³/mol. The molecular weight excluding hydrogens is 362 g/mol. The minimum absolute atomic E-state index is 0.360. The van der Waals surface area contributed by atoms with E-state index in [2.05, 4.69) is 53.6 Å². The van der Waals surface area contributed by atoms with E-state index >= 15 is 0 Å². The molecule has 5 heteroatoms. The van der Waals surface area contributed by atoms with Gasteiger partial charge in [-0.2, -0.15) is 0 Å². The molecule has 0 aliphatic carbocycles. The maximum Gasteiger partial charge on any atom is 0.250 e. The first-order valence-corrected chi connectivity index (χ1v) is 9.90. The lowest BCUT2D eigenvalue weighted by atomic mass is 10.1. The van der Waals surface area contributed by atoms with Crippen molar-refractivity contribution in [3.8, 4) is 11.6 Å². The Hall–Kier alpha value is -3.18. The standard InChI is InChI=1S/C24H27N3O2/c1-18(26-16-15-19-5-3-2-4-6-19)7-8-20-9-12-22(13-10-20)29-23-14-11-21(17-27-23)24(25)28/h2-6,9-14,17-18,26H,7-8,15-16H2,1H3,(H2,25,28). The molecule has 1 atom stereocenters. The minimum Gasteiger partial charge on any atom is -0.439 e. The van der Waals surface area contributed by atoms with Crippen molar-refractivity contribution < 1.29 is 9.53 Å². The van der Waals surface area contributed by atoms with Crippen LogP contribution >= 0.6 is 0 Å². The van der Waals surface area contributed by atoms with Crippen molar-refractivity contribution in [2.24, 2.45) is 5.73 Å². The van der Waals surface area contributed by atoms with Gasteiger partial charge in [-0.05, 0) is 62.1 Å². The lowest BCUT2D eigenvalue weighted by molar-refractivity contribution is 0.1000. The third-order valence-corrected chi connectivity index (χ3v) is 4.78. The quantitative estimate of drug-likeness (QED) is 0.547. The maximum atomic E-state index is 11.1. The molecule has 3 N–H and O–H groups in total. The Labute approximate surface area is 171 Å². The molecule has 0 saturated carbocycles. The summed E-state index contributed by atoms with van der Waals surface area (Å²) in [6, 6.07) is 22.3. The van der Waals surface area contributed by atoms with Gasteiger partial charge in [0.05, 0.1) is 5.56 Å². The monoisotopic (exact) mass is 389 g/mol. The van der Waals surface area contributed by atoms with E-state index in [9.17, 15) is 4.79 Å². The van der Waals surface area contributed by atoms with Gasteiger partial charge in [-0.15, -0.1) is 0 Å². The van der Waals surface area contributed by atoms with Crippen LogP contribution in [-0.4, -0.2) is 23.5 Å². The largest absolute Gasteiger partial charge is 0.439 e. The lowest BCUT2D eigenvalue weighted by Gasteiger charge is -2.14. The van der Waals surface area contributed by atoms with E-state index in [-0.39, 0.29) is 0 Å². The van der Waals surface area contributed by atoms with Crippen LogP contribution in [0.4, 0.5) is 0 Å². The molecule has 1 unspecified atom stereocenters. The van der Waals surface area contributed by atoms with Gasteiger partial charge in [0, 0.05) is 18.3 Å². The van der Waals surface area contributed by atoms with Crippen LogP contribution in [0.5, 0.6) is 11.6 Å². The van der Waals surface area contributed by atoms with Gasteiger partial charge >= 0.3 is 0 Å². The van der Waals surface area contributed by atoms with Crippen LogP contribution in [0.15, 0.2) is 72.9 Å². The highest BCUT2D eigenvalue weighted by molar-refractivity contribution is 5.92. The molecule has 5 nitrogen and oxygen atoms in total. The number of nitrogens with one attached hydrogen (secondary N) is 1. The fourth-order valence-corrected chi connectivity index (χ4v) is 3.02. The highest BCUT2D eigenvalue weighted by Crippen LogP contribution is 2.20. The van der Waals surface area contributed by atoms with E-state index in [0.717, 1.165) is 25.8 Å². The number of aryl methyl sites for hydroxylation is 1. The second-order valence-corrected chi connectivity index (χ2v) is 7.12. The average molecular weight is 389 g/mol. The second-order valence-electron chi connectivity index (χ2n) is 7.12. The molecule has 1 aromatic heterocycles. The average Bonchev–Trinajstić information content (AvgIpc) is 2.74. The summed E-state index contributed by atoms with van der Waals surface area (Å²) in [6.07, 6.45) is 4.54. The molecule has 29 heavy (non-hydrogen) atoms. The first-order valence-electron chi connectivity index (χ1n) is 9.90. The summed E-state index contributed by atoms with van der Waals surface area (Å²) < 4.78 is 5.71. The molecule has 1 heterocycles. The zero-order valence-corrected chi connectivity index (χ0v) is 16.7. The summed E-state index contributed by atoms with van der Waals surface area (Å²) in [5, 5.41) is 3.59. The third-order valence-electron chi connectivity index (χ3n) is 4.78. The van der Waals surface area contributed by atoms with Crippen LogP contribution < -0.4 is 15.8 Å². The minimum atomic E-state index is -0.503. The summed E-state index contributed by atoms with van der Waals surface area (Å²) >= 11 is 0. The molecule has 150 valence electrons. The molecule has 0 bridgehead atoms. The van der Waals surface area contributed by atoms with Gasteiger partial charge < -0.3 is 15.8 Å². The van der Waals surface area contributed by atoms with Gasteiger partial charge in [-0.3, -0.25) is 4.79 Å². The number of ether oxygens (including phenoxy) is 1. The van der Waals surface area contributed by atoms with Gasteiger partial charge in [-0.1, -0.05) is 42.5 Å². The van der Waals surface area contributed by atoms with Gasteiger partial charge in [0.25, 0.3) is 0 Å². The molecule has 3 aromatic rings. The summed E-state index contributed by atoms with van der Waals surface area (Å²) in [7, 11) is 0. The summed E-state index contributed by atoms with van der Waals surface area (Å²) in [4.78, 5) is 15.2. The molecule has 2 aromatic carbocycles. The number of hydrogen-bond donors (Lipinski definition) is 2. The number of carbonyl (C=O) groups excluding carboxylic acids is 1. The number of pyridine rings is 1. The lowest BCUT2D eigenvalue weighted by Crippen LogP contribution is -2.28. The van der Waals surface area contributed by atoms with Crippen molar-refractivity contribution in [1.29, 1.82) is 0 Å². The van der Waals surface area contributed by atoms with Gasteiger partial charge in [0.2, 0.25) is 11.8 Å². The van der Waals surface area contributed by atoms with E-state index in [1.807, 2.05) is 18.2 Å². The topological polar surface area (TPSA) is 77.2 Å². The summed E-state index contributed by atoms with van der Waals surface area (Å²) in [5.74, 6) is 0.637.